The third-order valence-electron chi connectivity index (χ3n) is 4.76. The maximum Gasteiger partial charge on any atom is 0.267 e. The van der Waals surface area contributed by atoms with Crippen molar-refractivity contribution in [2.75, 3.05) is 0 Å². The van der Waals surface area contributed by atoms with Crippen LogP contribution in [0.25, 0.3) is 16.7 Å². The van der Waals surface area contributed by atoms with Crippen molar-refractivity contribution in [3.63, 3.8) is 0 Å². The fourth-order valence-corrected chi connectivity index (χ4v) is 3.33. The number of hydrogen-bond acceptors (Lipinski definition) is 5. The molecule has 4 heterocycles. The van der Waals surface area contributed by atoms with Crippen molar-refractivity contribution in [3.8, 4) is 0 Å². The van der Waals surface area contributed by atoms with Crippen LogP contribution in [0.15, 0.2) is 47.9 Å². The molecule has 0 aliphatic heterocycles. The van der Waals surface area contributed by atoms with Crippen molar-refractivity contribution < 1.29 is 4.79 Å². The normalized spacial score (nSPS) is 11.3. The number of carbonyl (C=O) groups excluding carboxylic acids is 1. The Hall–Kier alpha value is -3.75. The summed E-state index contributed by atoms with van der Waals surface area (Å²) in [4.78, 5) is 33.5. The highest BCUT2D eigenvalue weighted by molar-refractivity contribution is 5.95. The number of nitrogens with zero attached hydrogens (tertiary/aromatic N) is 5. The average Bonchev–Trinajstić information content (AvgIpc) is 3.18. The van der Waals surface area contributed by atoms with Gasteiger partial charge >= 0.3 is 0 Å². The van der Waals surface area contributed by atoms with Crippen molar-refractivity contribution in [2.24, 2.45) is 5.73 Å². The summed E-state index contributed by atoms with van der Waals surface area (Å²) < 4.78 is 4.95. The van der Waals surface area contributed by atoms with E-state index < -0.39 is 5.91 Å². The number of nitrogens with two attached hydrogens (primary N) is 1. The minimum Gasteiger partial charge on any atom is -0.365 e. The standard InChI is InChI=1S/C19H19N7O2/c1-12-4-2-7-26-17(12)23-18-14(19(26)28)10-13(16(21)27)15(20)25(18)8-3-6-24-9-5-22-11-24/h2,4-5,7,9-11,20H,3,6,8H2,1H3,(H2,21,27). The molecule has 3 N–H and O–H groups in total. The topological polar surface area (TPSA) is 124 Å². The van der Waals surface area contributed by atoms with Crippen molar-refractivity contribution in [2.45, 2.75) is 26.4 Å². The van der Waals surface area contributed by atoms with E-state index in [1.54, 1.807) is 29.4 Å². The number of aryl methyl sites for hydroxylation is 3. The molecule has 0 aliphatic carbocycles. The van der Waals surface area contributed by atoms with Crippen LogP contribution in [0.5, 0.6) is 0 Å². The summed E-state index contributed by atoms with van der Waals surface area (Å²) in [5, 5.41) is 8.70. The molecule has 0 spiro atoms. The van der Waals surface area contributed by atoms with Gasteiger partial charge in [-0.15, -0.1) is 0 Å². The molecule has 4 rings (SSSR count). The van der Waals surface area contributed by atoms with Crippen LogP contribution >= 0.6 is 0 Å². The third kappa shape index (κ3) is 2.86. The summed E-state index contributed by atoms with van der Waals surface area (Å²) >= 11 is 0. The lowest BCUT2D eigenvalue weighted by atomic mass is 10.2. The molecule has 4 aromatic rings. The van der Waals surface area contributed by atoms with E-state index in [0.717, 1.165) is 5.56 Å². The second-order valence-electron chi connectivity index (χ2n) is 6.62. The zero-order valence-electron chi connectivity index (χ0n) is 15.3. The number of primary amides is 1. The van der Waals surface area contributed by atoms with Gasteiger partial charge in [-0.1, -0.05) is 6.07 Å². The maximum absolute atomic E-state index is 13.0. The number of amides is 1. The molecule has 28 heavy (non-hydrogen) atoms. The van der Waals surface area contributed by atoms with Crippen LogP contribution in [0.3, 0.4) is 0 Å². The van der Waals surface area contributed by atoms with Crippen molar-refractivity contribution in [3.05, 3.63) is 70.1 Å². The molecule has 0 fully saturated rings. The molecule has 9 heteroatoms. The highest BCUT2D eigenvalue weighted by atomic mass is 16.1. The van der Waals surface area contributed by atoms with E-state index in [1.807, 2.05) is 23.8 Å². The summed E-state index contributed by atoms with van der Waals surface area (Å²) in [6.45, 7) is 2.96. The Labute approximate surface area is 159 Å². The number of imidazole rings is 1. The number of hydrogen-bond donors (Lipinski definition) is 2. The Bertz CT molecular complexity index is 1320. The predicted octanol–water partition coefficient (Wildman–Crippen LogP) is 0.823. The largest absolute Gasteiger partial charge is 0.365 e. The van der Waals surface area contributed by atoms with E-state index in [9.17, 15) is 9.59 Å². The Morgan fingerprint density at radius 3 is 2.79 bits per heavy atom. The van der Waals surface area contributed by atoms with Crippen LogP contribution in [0, 0.1) is 12.3 Å². The molecule has 1 amide bonds. The molecule has 0 aromatic carbocycles. The first kappa shape index (κ1) is 17.7. The molecule has 0 bridgehead atoms. The summed E-state index contributed by atoms with van der Waals surface area (Å²) in [5.74, 6) is -0.746. The lowest BCUT2D eigenvalue weighted by Crippen LogP contribution is -2.32. The lowest BCUT2D eigenvalue weighted by molar-refractivity contribution is 0.0998. The first-order chi connectivity index (χ1) is 13.5. The smallest absolute Gasteiger partial charge is 0.267 e. The highest BCUT2D eigenvalue weighted by Gasteiger charge is 2.16. The van der Waals surface area contributed by atoms with Gasteiger partial charge in [0.05, 0.1) is 17.3 Å². The van der Waals surface area contributed by atoms with Crippen LogP contribution < -0.4 is 16.8 Å². The van der Waals surface area contributed by atoms with Gasteiger partial charge in [-0.3, -0.25) is 19.4 Å². The van der Waals surface area contributed by atoms with Gasteiger partial charge in [-0.25, -0.2) is 9.97 Å². The Morgan fingerprint density at radius 1 is 1.25 bits per heavy atom. The number of nitrogens with one attached hydrogen (secondary N) is 1. The zero-order chi connectivity index (χ0) is 19.8. The monoisotopic (exact) mass is 377 g/mol. The molecule has 0 saturated carbocycles. The minimum atomic E-state index is -0.746. The minimum absolute atomic E-state index is 0.00151. The van der Waals surface area contributed by atoms with Gasteiger partial charge in [0.1, 0.15) is 16.8 Å². The van der Waals surface area contributed by atoms with Gasteiger partial charge in [-0.05, 0) is 31.0 Å². The Balaban J connectivity index is 1.94. The second-order valence-corrected chi connectivity index (χ2v) is 6.62. The molecule has 0 atom stereocenters. The number of aromatic nitrogens is 5. The van der Waals surface area contributed by atoms with Gasteiger partial charge < -0.3 is 14.9 Å². The van der Waals surface area contributed by atoms with Gasteiger partial charge in [0.15, 0.2) is 0 Å². The molecule has 9 nitrogen and oxygen atoms in total. The van der Waals surface area contributed by atoms with E-state index in [2.05, 4.69) is 9.97 Å². The summed E-state index contributed by atoms with van der Waals surface area (Å²) in [5.41, 5.74) is 6.85. The predicted molar refractivity (Wildman–Crippen MR) is 103 cm³/mol. The van der Waals surface area contributed by atoms with Crippen LogP contribution in [0.4, 0.5) is 0 Å². The van der Waals surface area contributed by atoms with Crippen molar-refractivity contribution >= 4 is 22.6 Å². The fourth-order valence-electron chi connectivity index (χ4n) is 3.33. The molecule has 0 saturated heterocycles. The molecular weight excluding hydrogens is 358 g/mol. The molecular formula is C19H19N7O2. The molecule has 0 radical (unpaired) electrons. The molecule has 4 aromatic heterocycles. The second kappa shape index (κ2) is 6.76. The van der Waals surface area contributed by atoms with Crippen LogP contribution in [-0.2, 0) is 13.1 Å². The Kier molecular flexibility index (Phi) is 4.26. The quantitative estimate of drug-likeness (QED) is 0.500. The number of fused-ring (bicyclic) bond motifs is 2. The van der Waals surface area contributed by atoms with Gasteiger partial charge in [0.2, 0.25) is 0 Å². The molecule has 142 valence electrons. The summed E-state index contributed by atoms with van der Waals surface area (Å²) in [7, 11) is 0. The van der Waals surface area contributed by atoms with E-state index in [0.29, 0.717) is 30.8 Å². The van der Waals surface area contributed by atoms with Gasteiger partial charge in [0, 0.05) is 31.7 Å². The molecule has 0 aliphatic rings. The third-order valence-corrected chi connectivity index (χ3v) is 4.76. The first-order valence-electron chi connectivity index (χ1n) is 8.83. The summed E-state index contributed by atoms with van der Waals surface area (Å²) in [6.07, 6.45) is 7.57. The van der Waals surface area contributed by atoms with Crippen molar-refractivity contribution in [1.29, 1.82) is 5.41 Å². The van der Waals surface area contributed by atoms with Crippen molar-refractivity contribution in [1.82, 2.24) is 23.5 Å². The highest BCUT2D eigenvalue weighted by Crippen LogP contribution is 2.13. The van der Waals surface area contributed by atoms with E-state index in [-0.39, 0.29) is 22.0 Å². The number of rotatable bonds is 5. The van der Waals surface area contributed by atoms with Gasteiger partial charge in [-0.2, -0.15) is 0 Å². The van der Waals surface area contributed by atoms with Crippen LogP contribution in [-0.4, -0.2) is 29.4 Å². The summed E-state index contributed by atoms with van der Waals surface area (Å²) in [6, 6.07) is 5.01. The lowest BCUT2D eigenvalue weighted by Gasteiger charge is -2.14. The van der Waals surface area contributed by atoms with Gasteiger partial charge in [0.25, 0.3) is 11.5 Å². The van der Waals surface area contributed by atoms with Crippen LogP contribution in [0.1, 0.15) is 22.3 Å². The fraction of sp³-hybridized carbons (Fsp3) is 0.211. The van der Waals surface area contributed by atoms with Crippen LogP contribution in [0.2, 0.25) is 0 Å². The number of carbonyl (C=O) groups is 1. The van der Waals surface area contributed by atoms with E-state index in [1.165, 1.54) is 10.5 Å². The molecule has 0 unspecified atom stereocenters. The average molecular weight is 377 g/mol. The number of pyridine rings is 2. The van der Waals surface area contributed by atoms with E-state index >= 15 is 0 Å². The SMILES string of the molecule is Cc1cccn2c(=O)c3cc(C(N)=O)c(=N)n(CCCn4ccnc4)c3nc12. The first-order valence-corrected chi connectivity index (χ1v) is 8.83. The maximum atomic E-state index is 13.0. The zero-order valence-corrected chi connectivity index (χ0v) is 15.3. The Morgan fingerprint density at radius 2 is 2.07 bits per heavy atom. The van der Waals surface area contributed by atoms with E-state index in [4.69, 9.17) is 11.1 Å².